The summed E-state index contributed by atoms with van der Waals surface area (Å²) in [5.74, 6) is 0. The molecule has 0 radical (unpaired) electrons. The first kappa shape index (κ1) is 11.8. The van der Waals surface area contributed by atoms with E-state index in [0.29, 0.717) is 0 Å². The lowest BCUT2D eigenvalue weighted by atomic mass is 10.3. The van der Waals surface area contributed by atoms with E-state index in [9.17, 15) is 0 Å². The van der Waals surface area contributed by atoms with Crippen LogP contribution in [0.1, 0.15) is 25.9 Å². The molecule has 1 N–H and O–H groups in total. The van der Waals surface area contributed by atoms with Crippen LogP contribution in [0.3, 0.4) is 0 Å². The maximum absolute atomic E-state index is 4.24. The molecule has 0 saturated heterocycles. The van der Waals surface area contributed by atoms with Crippen LogP contribution in [0, 0.1) is 20.8 Å². The van der Waals surface area contributed by atoms with Gasteiger partial charge >= 0.3 is 0 Å². The van der Waals surface area contributed by atoms with Gasteiger partial charge in [0.05, 0.1) is 11.2 Å². The molecular weight excluding hydrogens is 236 g/mol. The highest BCUT2D eigenvalue weighted by molar-refractivity contribution is 7.12. The lowest BCUT2D eigenvalue weighted by Crippen LogP contribution is -2.11. The van der Waals surface area contributed by atoms with Crippen molar-refractivity contribution in [2.45, 2.75) is 33.9 Å². The van der Waals surface area contributed by atoms with Crippen LogP contribution >= 0.6 is 22.7 Å². The normalized spacial score (nSPS) is 10.9. The second-order valence-corrected chi connectivity index (χ2v) is 6.20. The zero-order valence-corrected chi connectivity index (χ0v) is 11.5. The summed E-state index contributed by atoms with van der Waals surface area (Å²) in [6.45, 7) is 8.29. The van der Waals surface area contributed by atoms with Gasteiger partial charge in [-0.15, -0.1) is 22.7 Å². The molecule has 0 aliphatic heterocycles. The highest BCUT2D eigenvalue weighted by Crippen LogP contribution is 2.20. The minimum absolute atomic E-state index is 0.923. The van der Waals surface area contributed by atoms with E-state index < -0.39 is 0 Å². The number of hydrogen-bond acceptors (Lipinski definition) is 4. The van der Waals surface area contributed by atoms with E-state index in [4.69, 9.17) is 0 Å². The minimum atomic E-state index is 0.923. The van der Waals surface area contributed by atoms with E-state index in [1.54, 1.807) is 11.3 Å². The van der Waals surface area contributed by atoms with Gasteiger partial charge in [0.2, 0.25) is 0 Å². The molecule has 2 rings (SSSR count). The van der Waals surface area contributed by atoms with Crippen molar-refractivity contribution < 1.29 is 0 Å². The van der Waals surface area contributed by atoms with Gasteiger partial charge in [-0.2, -0.15) is 0 Å². The zero-order chi connectivity index (χ0) is 11.5. The third-order valence-corrected chi connectivity index (χ3v) is 4.73. The second kappa shape index (κ2) is 5.08. The Bertz CT molecular complexity index is 452. The minimum Gasteiger partial charge on any atom is -0.307 e. The Morgan fingerprint density at radius 2 is 2.06 bits per heavy atom. The number of hydrogen-bond donors (Lipinski definition) is 1. The molecule has 0 fully saturated rings. The molecule has 0 amide bonds. The Kier molecular flexibility index (Phi) is 3.74. The molecule has 2 nitrogen and oxygen atoms in total. The second-order valence-electron chi connectivity index (χ2n) is 3.92. The van der Waals surface area contributed by atoms with E-state index in [2.05, 4.69) is 37.1 Å². The Labute approximate surface area is 104 Å². The lowest BCUT2D eigenvalue weighted by molar-refractivity contribution is 0.704. The molecule has 0 aliphatic carbocycles. The van der Waals surface area contributed by atoms with Gasteiger partial charge < -0.3 is 5.32 Å². The average molecular weight is 252 g/mol. The summed E-state index contributed by atoms with van der Waals surface area (Å²) in [5, 5.41) is 3.47. The molecule has 0 unspecified atom stereocenters. The predicted molar refractivity (Wildman–Crippen MR) is 71.2 cm³/mol. The summed E-state index contributed by atoms with van der Waals surface area (Å²) in [5.41, 5.74) is 4.46. The Morgan fingerprint density at radius 3 is 2.62 bits per heavy atom. The summed E-state index contributed by atoms with van der Waals surface area (Å²) in [7, 11) is 0. The maximum Gasteiger partial charge on any atom is 0.0798 e. The highest BCUT2D eigenvalue weighted by Gasteiger charge is 2.03. The molecule has 0 saturated carbocycles. The van der Waals surface area contributed by atoms with E-state index in [0.717, 1.165) is 18.8 Å². The molecule has 2 aromatic rings. The first-order valence-corrected chi connectivity index (χ1v) is 7.02. The molecule has 0 aliphatic rings. The van der Waals surface area contributed by atoms with Crippen LogP contribution in [0.2, 0.25) is 0 Å². The summed E-state index contributed by atoms with van der Waals surface area (Å²) >= 11 is 3.60. The van der Waals surface area contributed by atoms with Gasteiger partial charge in [0.15, 0.2) is 0 Å². The van der Waals surface area contributed by atoms with Gasteiger partial charge in [0.25, 0.3) is 0 Å². The number of nitrogens with one attached hydrogen (secondary N) is 1. The zero-order valence-electron chi connectivity index (χ0n) is 9.83. The fraction of sp³-hybridized carbons (Fsp3) is 0.417. The SMILES string of the molecule is Cc1cc(CNCc2scnc2C)sc1C. The van der Waals surface area contributed by atoms with Crippen molar-refractivity contribution in [1.82, 2.24) is 10.3 Å². The molecule has 86 valence electrons. The van der Waals surface area contributed by atoms with Crippen molar-refractivity contribution in [2.24, 2.45) is 0 Å². The van der Waals surface area contributed by atoms with E-state index in [1.807, 2.05) is 16.8 Å². The average Bonchev–Trinajstić information content (AvgIpc) is 2.76. The van der Waals surface area contributed by atoms with Gasteiger partial charge in [-0.25, -0.2) is 4.98 Å². The van der Waals surface area contributed by atoms with Gasteiger partial charge in [0, 0.05) is 27.7 Å². The molecule has 4 heteroatoms. The van der Waals surface area contributed by atoms with Crippen LogP contribution in [0.15, 0.2) is 11.6 Å². The van der Waals surface area contributed by atoms with E-state index in [1.165, 1.54) is 20.2 Å². The van der Waals surface area contributed by atoms with Crippen LogP contribution in [-0.4, -0.2) is 4.98 Å². The highest BCUT2D eigenvalue weighted by atomic mass is 32.1. The molecule has 2 aromatic heterocycles. The molecule has 0 spiro atoms. The van der Waals surface area contributed by atoms with E-state index in [-0.39, 0.29) is 0 Å². The molecule has 0 aromatic carbocycles. The monoisotopic (exact) mass is 252 g/mol. The smallest absolute Gasteiger partial charge is 0.0798 e. The van der Waals surface area contributed by atoms with Gasteiger partial charge in [-0.1, -0.05) is 0 Å². The summed E-state index contributed by atoms with van der Waals surface area (Å²) in [6.07, 6.45) is 0. The first-order chi connectivity index (χ1) is 7.66. The quantitative estimate of drug-likeness (QED) is 0.902. The summed E-state index contributed by atoms with van der Waals surface area (Å²) in [6, 6.07) is 2.27. The standard InChI is InChI=1S/C12H16N2S2/c1-8-4-11(16-10(8)3)5-13-6-12-9(2)14-7-15-12/h4,7,13H,5-6H2,1-3H3. The van der Waals surface area contributed by atoms with Crippen LogP contribution in [0.25, 0.3) is 0 Å². The summed E-state index contributed by atoms with van der Waals surface area (Å²) < 4.78 is 0. The third kappa shape index (κ3) is 2.70. The Balaban J connectivity index is 1.87. The number of thiazole rings is 1. The van der Waals surface area contributed by atoms with Crippen molar-refractivity contribution in [3.05, 3.63) is 37.5 Å². The van der Waals surface area contributed by atoms with Crippen LogP contribution in [0.5, 0.6) is 0 Å². The maximum atomic E-state index is 4.24. The van der Waals surface area contributed by atoms with Crippen LogP contribution < -0.4 is 5.32 Å². The number of rotatable bonds is 4. The van der Waals surface area contributed by atoms with Crippen LogP contribution in [0.4, 0.5) is 0 Å². The summed E-state index contributed by atoms with van der Waals surface area (Å²) in [4.78, 5) is 8.42. The van der Waals surface area contributed by atoms with Crippen molar-refractivity contribution in [2.75, 3.05) is 0 Å². The molecule has 0 atom stereocenters. The van der Waals surface area contributed by atoms with Crippen molar-refractivity contribution in [3.63, 3.8) is 0 Å². The van der Waals surface area contributed by atoms with Crippen molar-refractivity contribution >= 4 is 22.7 Å². The fourth-order valence-corrected chi connectivity index (χ4v) is 3.30. The molecule has 0 bridgehead atoms. The fourth-order valence-electron chi connectivity index (χ4n) is 1.53. The Hall–Kier alpha value is -0.710. The third-order valence-electron chi connectivity index (χ3n) is 2.65. The topological polar surface area (TPSA) is 24.9 Å². The molecule has 2 heterocycles. The predicted octanol–water partition coefficient (Wildman–Crippen LogP) is 3.42. The van der Waals surface area contributed by atoms with Crippen molar-refractivity contribution in [1.29, 1.82) is 0 Å². The van der Waals surface area contributed by atoms with Crippen LogP contribution in [-0.2, 0) is 13.1 Å². The van der Waals surface area contributed by atoms with Gasteiger partial charge in [-0.05, 0) is 32.4 Å². The number of nitrogens with zero attached hydrogens (tertiary/aromatic N) is 1. The van der Waals surface area contributed by atoms with Gasteiger partial charge in [-0.3, -0.25) is 0 Å². The number of aryl methyl sites for hydroxylation is 3. The molecular formula is C12H16N2S2. The number of aromatic nitrogens is 1. The Morgan fingerprint density at radius 1 is 1.25 bits per heavy atom. The number of thiophene rings is 1. The van der Waals surface area contributed by atoms with Gasteiger partial charge in [0.1, 0.15) is 0 Å². The largest absolute Gasteiger partial charge is 0.307 e. The van der Waals surface area contributed by atoms with Crippen molar-refractivity contribution in [3.8, 4) is 0 Å². The van der Waals surface area contributed by atoms with E-state index >= 15 is 0 Å². The first-order valence-electron chi connectivity index (χ1n) is 5.32. The molecule has 16 heavy (non-hydrogen) atoms. The lowest BCUT2D eigenvalue weighted by Gasteiger charge is -2.01.